The van der Waals surface area contributed by atoms with Crippen LogP contribution in [-0.4, -0.2) is 67.8 Å². The topological polar surface area (TPSA) is 105 Å². The van der Waals surface area contributed by atoms with Crippen molar-refractivity contribution in [2.24, 2.45) is 10.4 Å². The average molecular weight is 571 g/mol. The summed E-state index contributed by atoms with van der Waals surface area (Å²) < 4.78 is 49.1. The number of ether oxygens (including phenoxy) is 6. The molecule has 0 radical (unpaired) electrons. The fourth-order valence-corrected chi connectivity index (χ4v) is 5.06. The molecule has 0 aliphatic carbocycles. The number of nitrogens with zero attached hydrogens (tertiary/aromatic N) is 2. The predicted octanol–water partition coefficient (Wildman–Crippen LogP) is 5.66. The van der Waals surface area contributed by atoms with Gasteiger partial charge in [0.25, 0.3) is 0 Å². The van der Waals surface area contributed by atoms with Crippen molar-refractivity contribution in [1.82, 2.24) is 4.90 Å². The van der Waals surface area contributed by atoms with Gasteiger partial charge in [0.05, 0.1) is 25.7 Å². The highest BCUT2D eigenvalue weighted by molar-refractivity contribution is 6.06. The maximum Gasteiger partial charge on any atom is 0.428 e. The molecule has 41 heavy (non-hydrogen) atoms. The van der Waals surface area contributed by atoms with Crippen molar-refractivity contribution in [2.75, 3.05) is 33.5 Å². The van der Waals surface area contributed by atoms with Crippen LogP contribution in [0.15, 0.2) is 41.4 Å². The van der Waals surface area contributed by atoms with E-state index in [1.807, 2.05) is 0 Å². The van der Waals surface area contributed by atoms with Gasteiger partial charge >= 0.3 is 18.2 Å². The second-order valence-electron chi connectivity index (χ2n) is 12.5. The summed E-state index contributed by atoms with van der Waals surface area (Å²) in [5.41, 5.74) is -2.05. The first-order valence-electron chi connectivity index (χ1n) is 13.3. The van der Waals surface area contributed by atoms with Gasteiger partial charge in [0.1, 0.15) is 47.3 Å². The van der Waals surface area contributed by atoms with Crippen LogP contribution in [0.1, 0.15) is 47.1 Å². The summed E-state index contributed by atoms with van der Waals surface area (Å²) in [6.07, 6.45) is -1.97. The van der Waals surface area contributed by atoms with Crippen LogP contribution in [0.2, 0.25) is 0 Å². The molecule has 2 spiro atoms. The molecule has 220 valence electrons. The van der Waals surface area contributed by atoms with Gasteiger partial charge in [-0.3, -0.25) is 0 Å². The maximum absolute atomic E-state index is 15.0. The second-order valence-corrected chi connectivity index (χ2v) is 12.5. The highest BCUT2D eigenvalue weighted by Gasteiger charge is 2.65. The maximum atomic E-state index is 15.0. The number of carbonyl (C=O) groups is 2. The van der Waals surface area contributed by atoms with Crippen molar-refractivity contribution in [2.45, 2.75) is 58.3 Å². The van der Waals surface area contributed by atoms with Crippen LogP contribution in [0.5, 0.6) is 11.5 Å². The molecule has 3 aliphatic rings. The number of imide groups is 1. The summed E-state index contributed by atoms with van der Waals surface area (Å²) in [6.45, 7) is 11.0. The van der Waals surface area contributed by atoms with Gasteiger partial charge in [-0.05, 0) is 77.4 Å². The fourth-order valence-electron chi connectivity index (χ4n) is 5.06. The standard InChI is InChI=1S/C30H35FN2O8/c1-27(2,3)40-25(34)33(26(35)41-28(4,5)6)24-32-30(17-39-24)21-12-18(20-13-19(36-7)9-10-22(20)31)8-11-23(21)38-16-29(30)14-37-15-29/h8-13H,14-17H2,1-7H3. The Kier molecular flexibility index (Phi) is 6.92. The Morgan fingerprint density at radius 1 is 0.902 bits per heavy atom. The molecule has 3 aliphatic heterocycles. The van der Waals surface area contributed by atoms with Crippen LogP contribution >= 0.6 is 0 Å². The Hall–Kier alpha value is -3.86. The number of benzene rings is 2. The fraction of sp³-hybridized carbons (Fsp3) is 0.500. The minimum Gasteiger partial charge on any atom is -0.497 e. The van der Waals surface area contributed by atoms with Crippen LogP contribution in [0.4, 0.5) is 14.0 Å². The van der Waals surface area contributed by atoms with E-state index in [0.29, 0.717) is 46.3 Å². The first-order chi connectivity index (χ1) is 19.2. The Morgan fingerprint density at radius 3 is 2.12 bits per heavy atom. The quantitative estimate of drug-likeness (QED) is 0.455. The molecule has 2 aromatic rings. The number of carbonyl (C=O) groups excluding carboxylic acids is 2. The molecule has 2 aromatic carbocycles. The lowest BCUT2D eigenvalue weighted by atomic mass is 9.64. The third-order valence-corrected chi connectivity index (χ3v) is 7.09. The Balaban J connectivity index is 1.64. The molecule has 0 bridgehead atoms. The molecule has 1 fully saturated rings. The van der Waals surface area contributed by atoms with Crippen molar-refractivity contribution < 1.29 is 42.4 Å². The lowest BCUT2D eigenvalue weighted by Gasteiger charge is -2.53. The van der Waals surface area contributed by atoms with E-state index in [-0.39, 0.29) is 19.2 Å². The molecule has 2 amide bonds. The van der Waals surface area contributed by atoms with E-state index in [0.717, 1.165) is 0 Å². The largest absolute Gasteiger partial charge is 0.497 e. The molecule has 1 unspecified atom stereocenters. The minimum absolute atomic E-state index is 0.0196. The zero-order chi connectivity index (χ0) is 29.8. The van der Waals surface area contributed by atoms with E-state index < -0.39 is 40.2 Å². The SMILES string of the molecule is COc1ccc(F)c(-c2ccc3c(c2)C2(COC(N(C(=O)OC(C)(C)C)C(=O)OC(C)(C)C)=N2)C2(COC2)CO3)c1. The van der Waals surface area contributed by atoms with Crippen molar-refractivity contribution >= 4 is 18.2 Å². The third-order valence-electron chi connectivity index (χ3n) is 7.09. The minimum atomic E-state index is -1.11. The number of amidine groups is 1. The molecule has 5 rings (SSSR count). The van der Waals surface area contributed by atoms with E-state index in [4.69, 9.17) is 33.4 Å². The molecular weight excluding hydrogens is 535 g/mol. The predicted molar refractivity (Wildman–Crippen MR) is 147 cm³/mol. The number of fused-ring (bicyclic) bond motifs is 3. The van der Waals surface area contributed by atoms with E-state index in [1.165, 1.54) is 13.2 Å². The monoisotopic (exact) mass is 570 g/mol. The summed E-state index contributed by atoms with van der Waals surface area (Å²) >= 11 is 0. The van der Waals surface area contributed by atoms with Crippen molar-refractivity contribution in [3.05, 3.63) is 47.8 Å². The Morgan fingerprint density at radius 2 is 1.56 bits per heavy atom. The van der Waals surface area contributed by atoms with E-state index >= 15 is 0 Å². The smallest absolute Gasteiger partial charge is 0.428 e. The van der Waals surface area contributed by atoms with Gasteiger partial charge in [-0.2, -0.15) is 0 Å². The highest BCUT2D eigenvalue weighted by Crippen LogP contribution is 2.56. The summed E-state index contributed by atoms with van der Waals surface area (Å²) in [5, 5.41) is 0. The molecule has 0 aromatic heterocycles. The van der Waals surface area contributed by atoms with Crippen molar-refractivity contribution in [3.63, 3.8) is 0 Å². The number of hydrogen-bond acceptors (Lipinski definition) is 9. The summed E-state index contributed by atoms with van der Waals surface area (Å²) in [5.74, 6) is 0.610. The molecule has 11 heteroatoms. The van der Waals surface area contributed by atoms with E-state index in [9.17, 15) is 14.0 Å². The van der Waals surface area contributed by atoms with Crippen LogP contribution in [0.3, 0.4) is 0 Å². The molecule has 10 nitrogen and oxygen atoms in total. The Labute approximate surface area is 238 Å². The molecule has 1 atom stereocenters. The van der Waals surface area contributed by atoms with Gasteiger partial charge in [-0.15, -0.1) is 4.90 Å². The number of rotatable bonds is 2. The number of methoxy groups -OCH3 is 1. The van der Waals surface area contributed by atoms with Crippen LogP contribution in [0, 0.1) is 11.2 Å². The van der Waals surface area contributed by atoms with Gasteiger partial charge in [0.15, 0.2) is 0 Å². The lowest BCUT2D eigenvalue weighted by molar-refractivity contribution is -0.185. The van der Waals surface area contributed by atoms with E-state index in [2.05, 4.69) is 0 Å². The number of halogens is 1. The van der Waals surface area contributed by atoms with E-state index in [1.54, 1.807) is 71.9 Å². The van der Waals surface area contributed by atoms with Gasteiger partial charge in [-0.25, -0.2) is 19.0 Å². The Bertz CT molecular complexity index is 1380. The average Bonchev–Trinajstić information content (AvgIpc) is 3.26. The third kappa shape index (κ3) is 5.18. The number of hydrogen-bond donors (Lipinski definition) is 0. The number of aliphatic imine (C=N–C) groups is 1. The first kappa shape index (κ1) is 28.7. The summed E-state index contributed by atoms with van der Waals surface area (Å²) in [4.78, 5) is 32.2. The summed E-state index contributed by atoms with van der Waals surface area (Å²) in [7, 11) is 1.51. The first-order valence-corrected chi connectivity index (χ1v) is 13.3. The zero-order valence-electron chi connectivity index (χ0n) is 24.3. The second kappa shape index (κ2) is 9.90. The number of amides is 2. The molecule has 0 saturated carbocycles. The van der Waals surface area contributed by atoms with Crippen molar-refractivity contribution in [1.29, 1.82) is 0 Å². The normalized spacial score (nSPS) is 20.7. The molecule has 1 saturated heterocycles. The molecule has 3 heterocycles. The zero-order valence-corrected chi connectivity index (χ0v) is 24.3. The lowest BCUT2D eigenvalue weighted by Crippen LogP contribution is -2.63. The highest BCUT2D eigenvalue weighted by atomic mass is 19.1. The van der Waals surface area contributed by atoms with Crippen LogP contribution in [0.25, 0.3) is 11.1 Å². The van der Waals surface area contributed by atoms with Crippen LogP contribution < -0.4 is 9.47 Å². The van der Waals surface area contributed by atoms with Crippen LogP contribution in [-0.2, 0) is 24.5 Å². The van der Waals surface area contributed by atoms with Gasteiger partial charge in [0.2, 0.25) is 0 Å². The van der Waals surface area contributed by atoms with Crippen molar-refractivity contribution in [3.8, 4) is 22.6 Å². The molecule has 0 N–H and O–H groups in total. The van der Waals surface area contributed by atoms with Gasteiger partial charge < -0.3 is 28.4 Å². The van der Waals surface area contributed by atoms with Gasteiger partial charge in [-0.1, -0.05) is 6.07 Å². The molecular formula is C30H35FN2O8. The summed E-state index contributed by atoms with van der Waals surface area (Å²) in [6, 6.07) is 9.56. The van der Waals surface area contributed by atoms with Gasteiger partial charge in [0, 0.05) is 11.1 Å².